The third kappa shape index (κ3) is 2.12. The first kappa shape index (κ1) is 12.3. The fraction of sp³-hybridized carbons (Fsp3) is 0.0625. The second-order valence-electron chi connectivity index (χ2n) is 4.41. The van der Waals surface area contributed by atoms with Crippen LogP contribution >= 0.6 is 0 Å². The van der Waals surface area contributed by atoms with Gasteiger partial charge in [0.05, 0.1) is 11.2 Å². The number of carbonyl (C=O) groups is 1. The monoisotopic (exact) mass is 263 g/mol. The number of rotatable bonds is 3. The van der Waals surface area contributed by atoms with E-state index < -0.39 is 0 Å². The third-order valence-corrected chi connectivity index (χ3v) is 3.20. The minimum absolute atomic E-state index is 0.433. The van der Waals surface area contributed by atoms with Crippen LogP contribution in [0.25, 0.3) is 22.2 Å². The van der Waals surface area contributed by atoms with E-state index in [1.54, 1.807) is 12.3 Å². The van der Waals surface area contributed by atoms with Gasteiger partial charge in [-0.3, -0.25) is 9.78 Å². The lowest BCUT2D eigenvalue weighted by molar-refractivity contribution is 0.111. The van der Waals surface area contributed by atoms with E-state index >= 15 is 0 Å². The van der Waals surface area contributed by atoms with Crippen molar-refractivity contribution in [3.63, 3.8) is 0 Å². The van der Waals surface area contributed by atoms with E-state index in [-0.39, 0.29) is 0 Å². The molecule has 0 spiro atoms. The normalized spacial score (nSPS) is 10.4. The smallest absolute Gasteiger partial charge is 0.168 e. The summed E-state index contributed by atoms with van der Waals surface area (Å²) in [5, 5.41) is 4.19. The Morgan fingerprint density at radius 3 is 2.85 bits per heavy atom. The number of benzene rings is 1. The molecule has 4 nitrogen and oxygen atoms in total. The number of pyridine rings is 2. The van der Waals surface area contributed by atoms with Crippen molar-refractivity contribution in [2.24, 2.45) is 0 Å². The lowest BCUT2D eigenvalue weighted by atomic mass is 10.1. The van der Waals surface area contributed by atoms with Gasteiger partial charge in [0.25, 0.3) is 0 Å². The Kier molecular flexibility index (Phi) is 3.13. The molecule has 3 aromatic rings. The average Bonchev–Trinajstić information content (AvgIpc) is 2.53. The standard InChI is InChI=1S/C16H13N3O/c1-17-15-7-8-18-16-6-5-11(9-13(15)16)14-4-2-3-12(10-20)19-14/h2-10H,1H3,(H,17,18). The average molecular weight is 263 g/mol. The summed E-state index contributed by atoms with van der Waals surface area (Å²) in [6.07, 6.45) is 2.53. The summed E-state index contributed by atoms with van der Waals surface area (Å²) in [6, 6.07) is 13.3. The zero-order chi connectivity index (χ0) is 13.9. The van der Waals surface area contributed by atoms with Gasteiger partial charge in [0.2, 0.25) is 0 Å². The molecule has 0 unspecified atom stereocenters. The largest absolute Gasteiger partial charge is 0.388 e. The number of anilines is 1. The van der Waals surface area contributed by atoms with Gasteiger partial charge in [-0.1, -0.05) is 12.1 Å². The quantitative estimate of drug-likeness (QED) is 0.737. The zero-order valence-electron chi connectivity index (χ0n) is 11.0. The summed E-state index contributed by atoms with van der Waals surface area (Å²) in [5.74, 6) is 0. The van der Waals surface area contributed by atoms with Crippen LogP contribution in [0.3, 0.4) is 0 Å². The summed E-state index contributed by atoms with van der Waals surface area (Å²) in [7, 11) is 1.88. The molecular formula is C16H13N3O. The maximum atomic E-state index is 10.8. The molecule has 0 saturated heterocycles. The molecule has 0 radical (unpaired) electrons. The molecule has 0 bridgehead atoms. The molecule has 4 heteroatoms. The molecule has 0 aliphatic heterocycles. The van der Waals surface area contributed by atoms with Crippen molar-refractivity contribution in [1.82, 2.24) is 9.97 Å². The molecule has 0 fully saturated rings. The molecule has 2 aromatic heterocycles. The number of nitrogens with one attached hydrogen (secondary N) is 1. The summed E-state index contributed by atoms with van der Waals surface area (Å²) < 4.78 is 0. The van der Waals surface area contributed by atoms with Crippen molar-refractivity contribution in [3.8, 4) is 11.3 Å². The Morgan fingerprint density at radius 1 is 1.15 bits per heavy atom. The Labute approximate surface area is 116 Å². The van der Waals surface area contributed by atoms with Crippen LogP contribution < -0.4 is 5.32 Å². The van der Waals surface area contributed by atoms with Crippen LogP contribution in [-0.4, -0.2) is 23.3 Å². The van der Waals surface area contributed by atoms with Crippen LogP contribution in [-0.2, 0) is 0 Å². The van der Waals surface area contributed by atoms with E-state index in [9.17, 15) is 4.79 Å². The Balaban J connectivity index is 2.19. The number of carbonyl (C=O) groups excluding carboxylic acids is 1. The van der Waals surface area contributed by atoms with Crippen molar-refractivity contribution in [2.45, 2.75) is 0 Å². The lowest BCUT2D eigenvalue weighted by Gasteiger charge is -2.07. The van der Waals surface area contributed by atoms with Crippen molar-refractivity contribution >= 4 is 22.9 Å². The van der Waals surface area contributed by atoms with Crippen LogP contribution in [0.2, 0.25) is 0 Å². The molecule has 0 atom stereocenters. The Hall–Kier alpha value is -2.75. The fourth-order valence-corrected chi connectivity index (χ4v) is 2.20. The minimum Gasteiger partial charge on any atom is -0.388 e. The highest BCUT2D eigenvalue weighted by Gasteiger charge is 2.05. The number of fused-ring (bicyclic) bond motifs is 1. The first-order valence-corrected chi connectivity index (χ1v) is 6.31. The van der Waals surface area contributed by atoms with Crippen LogP contribution in [0.4, 0.5) is 5.69 Å². The highest BCUT2D eigenvalue weighted by Crippen LogP contribution is 2.26. The van der Waals surface area contributed by atoms with Gasteiger partial charge in [0.1, 0.15) is 5.69 Å². The number of nitrogens with zero attached hydrogens (tertiary/aromatic N) is 2. The SMILES string of the molecule is CNc1ccnc2ccc(-c3cccc(C=O)n3)cc12. The molecular weight excluding hydrogens is 250 g/mol. The van der Waals surface area contributed by atoms with Gasteiger partial charge >= 0.3 is 0 Å². The maximum absolute atomic E-state index is 10.8. The van der Waals surface area contributed by atoms with E-state index in [0.29, 0.717) is 5.69 Å². The number of aldehydes is 1. The second kappa shape index (κ2) is 5.09. The highest BCUT2D eigenvalue weighted by molar-refractivity contribution is 5.94. The number of aromatic nitrogens is 2. The summed E-state index contributed by atoms with van der Waals surface area (Å²) in [5.41, 5.74) is 4.12. The summed E-state index contributed by atoms with van der Waals surface area (Å²) >= 11 is 0. The Bertz CT molecular complexity index is 784. The highest BCUT2D eigenvalue weighted by atomic mass is 16.1. The first-order chi connectivity index (χ1) is 9.81. The van der Waals surface area contributed by atoms with Gasteiger partial charge in [-0.2, -0.15) is 0 Å². The van der Waals surface area contributed by atoms with E-state index in [1.165, 1.54) is 0 Å². The fourth-order valence-electron chi connectivity index (χ4n) is 2.20. The molecule has 1 N–H and O–H groups in total. The van der Waals surface area contributed by atoms with Gasteiger partial charge < -0.3 is 5.32 Å². The molecule has 0 amide bonds. The van der Waals surface area contributed by atoms with Gasteiger partial charge in [0.15, 0.2) is 6.29 Å². The van der Waals surface area contributed by atoms with Crippen LogP contribution in [0.15, 0.2) is 48.7 Å². The van der Waals surface area contributed by atoms with Gasteiger partial charge in [-0.15, -0.1) is 0 Å². The first-order valence-electron chi connectivity index (χ1n) is 6.31. The van der Waals surface area contributed by atoms with Gasteiger partial charge in [-0.25, -0.2) is 4.98 Å². The van der Waals surface area contributed by atoms with E-state index in [1.807, 2.05) is 43.4 Å². The van der Waals surface area contributed by atoms with Crippen molar-refractivity contribution < 1.29 is 4.79 Å². The minimum atomic E-state index is 0.433. The molecule has 98 valence electrons. The van der Waals surface area contributed by atoms with Gasteiger partial charge in [0, 0.05) is 29.9 Å². The Morgan fingerprint density at radius 2 is 2.05 bits per heavy atom. The lowest BCUT2D eigenvalue weighted by Crippen LogP contribution is -1.93. The van der Waals surface area contributed by atoms with Crippen molar-refractivity contribution in [3.05, 3.63) is 54.4 Å². The second-order valence-corrected chi connectivity index (χ2v) is 4.41. The summed E-state index contributed by atoms with van der Waals surface area (Å²) in [4.78, 5) is 19.5. The third-order valence-electron chi connectivity index (χ3n) is 3.20. The molecule has 20 heavy (non-hydrogen) atoms. The number of hydrogen-bond acceptors (Lipinski definition) is 4. The maximum Gasteiger partial charge on any atom is 0.168 e. The van der Waals surface area contributed by atoms with Crippen LogP contribution in [0, 0.1) is 0 Å². The zero-order valence-corrected chi connectivity index (χ0v) is 11.0. The topological polar surface area (TPSA) is 54.9 Å². The van der Waals surface area contributed by atoms with Crippen molar-refractivity contribution in [2.75, 3.05) is 12.4 Å². The molecule has 0 aliphatic rings. The van der Waals surface area contributed by atoms with Crippen LogP contribution in [0.5, 0.6) is 0 Å². The predicted molar refractivity (Wildman–Crippen MR) is 79.9 cm³/mol. The molecule has 2 heterocycles. The molecule has 0 saturated carbocycles. The van der Waals surface area contributed by atoms with Crippen LogP contribution in [0.1, 0.15) is 10.5 Å². The molecule has 0 aliphatic carbocycles. The van der Waals surface area contributed by atoms with E-state index in [4.69, 9.17) is 0 Å². The summed E-state index contributed by atoms with van der Waals surface area (Å²) in [6.45, 7) is 0. The molecule has 3 rings (SSSR count). The van der Waals surface area contributed by atoms with Gasteiger partial charge in [-0.05, 0) is 30.3 Å². The molecule has 1 aromatic carbocycles. The van der Waals surface area contributed by atoms with E-state index in [0.717, 1.165) is 34.1 Å². The number of hydrogen-bond donors (Lipinski definition) is 1. The van der Waals surface area contributed by atoms with Crippen molar-refractivity contribution in [1.29, 1.82) is 0 Å². The van der Waals surface area contributed by atoms with E-state index in [2.05, 4.69) is 15.3 Å². The predicted octanol–water partition coefficient (Wildman–Crippen LogP) is 3.15.